The number of carbonyl (C=O) groups is 5. The van der Waals surface area contributed by atoms with Crippen LogP contribution < -0.4 is 21.7 Å². The van der Waals surface area contributed by atoms with Crippen molar-refractivity contribution in [3.63, 3.8) is 0 Å². The summed E-state index contributed by atoms with van der Waals surface area (Å²) in [5, 5.41) is 36.7. The predicted molar refractivity (Wildman–Crippen MR) is 164 cm³/mol. The van der Waals surface area contributed by atoms with Gasteiger partial charge in [0.15, 0.2) is 0 Å². The molecule has 2 heterocycles. The van der Waals surface area contributed by atoms with Gasteiger partial charge in [-0.1, -0.05) is 30.3 Å². The molecule has 4 atom stereocenters. The second kappa shape index (κ2) is 15.3. The molecule has 0 radical (unpaired) electrons. The Bertz CT molecular complexity index is 1670. The number of phenolic OH excluding ortho intramolecular Hbond substituents is 1. The fraction of sp³-hybridized carbons (Fsp3) is 0.290. The van der Waals surface area contributed by atoms with Crippen LogP contribution in [0.15, 0.2) is 67.3 Å². The minimum absolute atomic E-state index is 0.00159. The molecule has 15 nitrogen and oxygen atoms in total. The normalized spacial score (nSPS) is 13.7. The molecule has 0 spiro atoms. The topological polar surface area (TPSA) is 253 Å². The number of H-pyrrole nitrogens is 2. The van der Waals surface area contributed by atoms with Gasteiger partial charge in [-0.3, -0.25) is 19.2 Å². The molecule has 2 aromatic carbocycles. The van der Waals surface area contributed by atoms with Gasteiger partial charge in [-0.05, 0) is 42.2 Å². The Morgan fingerprint density at radius 3 is 2.11 bits per heavy atom. The van der Waals surface area contributed by atoms with E-state index in [1.165, 1.54) is 24.7 Å². The third-order valence-electron chi connectivity index (χ3n) is 7.33. The van der Waals surface area contributed by atoms with Crippen molar-refractivity contribution in [2.45, 2.75) is 56.3 Å². The zero-order valence-electron chi connectivity index (χ0n) is 24.6. The minimum Gasteiger partial charge on any atom is -0.508 e. The largest absolute Gasteiger partial charge is 0.508 e. The molecule has 242 valence electrons. The van der Waals surface area contributed by atoms with Gasteiger partial charge in [0.1, 0.15) is 23.9 Å². The summed E-state index contributed by atoms with van der Waals surface area (Å²) >= 11 is 0. The second-order valence-electron chi connectivity index (χ2n) is 10.8. The van der Waals surface area contributed by atoms with Crippen molar-refractivity contribution >= 4 is 40.6 Å². The van der Waals surface area contributed by atoms with E-state index in [0.717, 1.165) is 16.5 Å². The SMILES string of the molecule is NC(Cc1c[nH]c2ccccc12)C(=O)NC(Cc1ccc(O)cc1)C(=O)NC(Cc1cnc[nH]1)C(=O)NC(CCC(=O)O)C(=O)O. The fourth-order valence-electron chi connectivity index (χ4n) is 4.88. The van der Waals surface area contributed by atoms with Crippen LogP contribution in [-0.2, 0) is 43.2 Å². The van der Waals surface area contributed by atoms with Crippen LogP contribution >= 0.6 is 0 Å². The van der Waals surface area contributed by atoms with E-state index < -0.39 is 60.2 Å². The lowest BCUT2D eigenvalue weighted by atomic mass is 10.0. The molecule has 4 rings (SSSR count). The van der Waals surface area contributed by atoms with E-state index >= 15 is 0 Å². The number of carboxylic acid groups (broad SMARTS) is 2. The standard InChI is InChI=1S/C31H35N7O8/c32-22(12-18-14-34-23-4-2-1-3-21(18)23)28(42)37-25(11-17-5-7-20(39)8-6-17)29(43)38-26(13-19-15-33-16-35-19)30(44)36-24(31(45)46)9-10-27(40)41/h1-8,14-16,22,24-26,34,39H,9-13,32H2,(H,33,35)(H,36,44)(H,37,42)(H,38,43)(H,40,41)(H,45,46). The number of aromatic nitrogens is 3. The van der Waals surface area contributed by atoms with Gasteiger partial charge in [0.05, 0.1) is 12.4 Å². The number of hydrogen-bond acceptors (Lipinski definition) is 8. The fourth-order valence-corrected chi connectivity index (χ4v) is 4.88. The summed E-state index contributed by atoms with van der Waals surface area (Å²) in [5.74, 6) is -4.95. The van der Waals surface area contributed by atoms with Crippen LogP contribution in [0.4, 0.5) is 0 Å². The number of nitrogens with zero attached hydrogens (tertiary/aromatic N) is 1. The number of aromatic amines is 2. The number of aliphatic carboxylic acids is 2. The Hall–Kier alpha value is -5.70. The van der Waals surface area contributed by atoms with Crippen molar-refractivity contribution < 1.29 is 39.3 Å². The van der Waals surface area contributed by atoms with Gasteiger partial charge in [0.25, 0.3) is 0 Å². The van der Waals surface area contributed by atoms with Crippen LogP contribution in [-0.4, -0.2) is 84.1 Å². The number of fused-ring (bicyclic) bond motifs is 1. The lowest BCUT2D eigenvalue weighted by Crippen LogP contribution is -2.58. The molecule has 0 saturated carbocycles. The van der Waals surface area contributed by atoms with Gasteiger partial charge in [0, 0.05) is 48.3 Å². The average molecular weight is 634 g/mol. The number of amides is 3. The third kappa shape index (κ3) is 9.15. The molecule has 3 amide bonds. The number of carbonyl (C=O) groups excluding carboxylic acids is 3. The van der Waals surface area contributed by atoms with Crippen molar-refractivity contribution in [2.24, 2.45) is 5.73 Å². The molecule has 10 N–H and O–H groups in total. The number of carboxylic acids is 2. The van der Waals surface area contributed by atoms with Crippen LogP contribution in [0.1, 0.15) is 29.7 Å². The van der Waals surface area contributed by atoms with Gasteiger partial charge < -0.3 is 47.0 Å². The first-order valence-electron chi connectivity index (χ1n) is 14.4. The maximum absolute atomic E-state index is 13.7. The summed E-state index contributed by atoms with van der Waals surface area (Å²) in [7, 11) is 0. The predicted octanol–water partition coefficient (Wildman–Crippen LogP) is 0.356. The highest BCUT2D eigenvalue weighted by Crippen LogP contribution is 2.19. The van der Waals surface area contributed by atoms with Gasteiger partial charge in [-0.25, -0.2) is 9.78 Å². The molecular weight excluding hydrogens is 598 g/mol. The average Bonchev–Trinajstić information content (AvgIpc) is 3.69. The zero-order chi connectivity index (χ0) is 33.2. The summed E-state index contributed by atoms with van der Waals surface area (Å²) in [6.45, 7) is 0. The number of benzene rings is 2. The van der Waals surface area contributed by atoms with Crippen LogP contribution in [0.25, 0.3) is 10.9 Å². The summed E-state index contributed by atoms with van der Waals surface area (Å²) in [6.07, 6.45) is 3.67. The number of rotatable bonds is 16. The Balaban J connectivity index is 1.53. The highest BCUT2D eigenvalue weighted by molar-refractivity contribution is 5.94. The van der Waals surface area contributed by atoms with Crippen molar-refractivity contribution in [2.75, 3.05) is 0 Å². The van der Waals surface area contributed by atoms with Gasteiger partial charge in [-0.15, -0.1) is 0 Å². The molecule has 15 heteroatoms. The van der Waals surface area contributed by atoms with E-state index in [1.807, 2.05) is 24.3 Å². The summed E-state index contributed by atoms with van der Waals surface area (Å²) < 4.78 is 0. The van der Waals surface area contributed by atoms with Crippen molar-refractivity contribution in [1.29, 1.82) is 0 Å². The van der Waals surface area contributed by atoms with Gasteiger partial charge in [0.2, 0.25) is 17.7 Å². The van der Waals surface area contributed by atoms with E-state index in [2.05, 4.69) is 30.9 Å². The lowest BCUT2D eigenvalue weighted by Gasteiger charge is -2.25. The second-order valence-corrected chi connectivity index (χ2v) is 10.8. The molecule has 0 bridgehead atoms. The molecule has 4 unspecified atom stereocenters. The van der Waals surface area contributed by atoms with Crippen LogP contribution in [0, 0.1) is 0 Å². The maximum atomic E-state index is 13.7. The minimum atomic E-state index is -1.53. The Morgan fingerprint density at radius 2 is 1.46 bits per heavy atom. The number of nitrogens with two attached hydrogens (primary N) is 1. The molecule has 0 saturated heterocycles. The number of hydrogen-bond donors (Lipinski definition) is 9. The Kier molecular flexibility index (Phi) is 11.1. The number of para-hydroxylation sites is 1. The first-order valence-corrected chi connectivity index (χ1v) is 14.4. The van der Waals surface area contributed by atoms with E-state index in [9.17, 15) is 34.2 Å². The third-order valence-corrected chi connectivity index (χ3v) is 7.33. The monoisotopic (exact) mass is 633 g/mol. The van der Waals surface area contributed by atoms with Crippen LogP contribution in [0.5, 0.6) is 5.75 Å². The number of nitrogens with one attached hydrogen (secondary N) is 5. The summed E-state index contributed by atoms with van der Waals surface area (Å²) in [6, 6.07) is 8.39. The molecule has 0 aliphatic heterocycles. The van der Waals surface area contributed by atoms with Crippen molar-refractivity contribution in [1.82, 2.24) is 30.9 Å². The van der Waals surface area contributed by atoms with E-state index in [-0.39, 0.29) is 31.4 Å². The van der Waals surface area contributed by atoms with Crippen molar-refractivity contribution in [3.05, 3.63) is 84.1 Å². The molecular formula is C31H35N7O8. The smallest absolute Gasteiger partial charge is 0.326 e. The van der Waals surface area contributed by atoms with Gasteiger partial charge in [-0.2, -0.15) is 0 Å². The molecule has 2 aromatic heterocycles. The number of aromatic hydroxyl groups is 1. The first-order chi connectivity index (χ1) is 22.0. The zero-order valence-corrected chi connectivity index (χ0v) is 24.6. The Morgan fingerprint density at radius 1 is 0.804 bits per heavy atom. The maximum Gasteiger partial charge on any atom is 0.326 e. The lowest BCUT2D eigenvalue weighted by molar-refractivity contribution is -0.143. The quantitative estimate of drug-likeness (QED) is 0.0818. The molecule has 0 aliphatic carbocycles. The summed E-state index contributed by atoms with van der Waals surface area (Å²) in [5.41, 5.74) is 8.98. The highest BCUT2D eigenvalue weighted by atomic mass is 16.4. The van der Waals surface area contributed by atoms with Crippen molar-refractivity contribution in [3.8, 4) is 5.75 Å². The molecule has 4 aromatic rings. The van der Waals surface area contributed by atoms with E-state index in [0.29, 0.717) is 11.3 Å². The van der Waals surface area contributed by atoms with Crippen LogP contribution in [0.2, 0.25) is 0 Å². The summed E-state index contributed by atoms with van der Waals surface area (Å²) in [4.78, 5) is 72.9. The Labute approximate surface area is 262 Å². The first kappa shape index (κ1) is 33.2. The molecule has 46 heavy (non-hydrogen) atoms. The number of phenols is 1. The molecule has 0 fully saturated rings. The van der Waals surface area contributed by atoms with E-state index in [4.69, 9.17) is 10.8 Å². The van der Waals surface area contributed by atoms with Crippen LogP contribution in [0.3, 0.4) is 0 Å². The highest BCUT2D eigenvalue weighted by Gasteiger charge is 2.31. The van der Waals surface area contributed by atoms with E-state index in [1.54, 1.807) is 18.3 Å². The number of imidazole rings is 1. The van der Waals surface area contributed by atoms with Gasteiger partial charge >= 0.3 is 11.9 Å². The molecule has 0 aliphatic rings.